The van der Waals surface area contributed by atoms with Crippen molar-refractivity contribution >= 4 is 34.3 Å². The summed E-state index contributed by atoms with van der Waals surface area (Å²) < 4.78 is 23.5. The highest BCUT2D eigenvalue weighted by molar-refractivity contribution is 6.32. The van der Waals surface area contributed by atoms with E-state index in [1.807, 2.05) is 41.1 Å². The minimum atomic E-state index is -0.704. The summed E-state index contributed by atoms with van der Waals surface area (Å²) >= 11 is 6.23. The fraction of sp³-hybridized carbons (Fsp3) is 0.294. The van der Waals surface area contributed by atoms with Gasteiger partial charge in [0, 0.05) is 37.3 Å². The Morgan fingerprint density at radius 1 is 1.02 bits per heavy atom. The van der Waals surface area contributed by atoms with Gasteiger partial charge in [0.2, 0.25) is 5.91 Å². The van der Waals surface area contributed by atoms with E-state index >= 15 is 0 Å². The van der Waals surface area contributed by atoms with Crippen molar-refractivity contribution in [3.8, 4) is 22.6 Å². The van der Waals surface area contributed by atoms with Gasteiger partial charge >= 0.3 is 0 Å². The van der Waals surface area contributed by atoms with Crippen molar-refractivity contribution < 1.29 is 18.7 Å². The van der Waals surface area contributed by atoms with Crippen LogP contribution in [0.2, 0.25) is 5.02 Å². The molecule has 11 heteroatoms. The van der Waals surface area contributed by atoms with Gasteiger partial charge in [-0.25, -0.2) is 9.07 Å². The van der Waals surface area contributed by atoms with Crippen LogP contribution >= 0.6 is 11.6 Å². The molecular formula is C34H32ClFN6O3. The second kappa shape index (κ2) is 12.4. The predicted molar refractivity (Wildman–Crippen MR) is 169 cm³/mol. The SMILES string of the molecule is O=C1NCCCCCCn2cc3c(cccc3n2)-c2cccc(c2)O[C@H]2C[C@@H]1N(C(=O)c1cnn(-c3ccc(F)cc3Cl)c1)C2. The number of nitrogens with zero attached hydrogens (tertiary/aromatic N) is 5. The van der Waals surface area contributed by atoms with Crippen LogP contribution in [0.25, 0.3) is 27.7 Å². The van der Waals surface area contributed by atoms with Crippen LogP contribution in [0.5, 0.6) is 5.75 Å². The molecule has 0 spiro atoms. The highest BCUT2D eigenvalue weighted by atomic mass is 35.5. The van der Waals surface area contributed by atoms with E-state index in [9.17, 15) is 14.0 Å². The fourth-order valence-corrected chi connectivity index (χ4v) is 6.48. The summed E-state index contributed by atoms with van der Waals surface area (Å²) in [6.07, 6.45) is 8.87. The summed E-state index contributed by atoms with van der Waals surface area (Å²) in [6, 6.07) is 17.3. The van der Waals surface area contributed by atoms with Gasteiger partial charge in [-0.15, -0.1) is 0 Å². The number of amides is 2. The van der Waals surface area contributed by atoms with Crippen LogP contribution in [-0.2, 0) is 11.3 Å². The highest BCUT2D eigenvalue weighted by Gasteiger charge is 2.41. The van der Waals surface area contributed by atoms with Crippen LogP contribution in [0, 0.1) is 5.82 Å². The quantitative estimate of drug-likeness (QED) is 0.258. The summed E-state index contributed by atoms with van der Waals surface area (Å²) in [4.78, 5) is 28.9. The number of hydrogen-bond donors (Lipinski definition) is 1. The molecule has 1 fully saturated rings. The van der Waals surface area contributed by atoms with Crippen molar-refractivity contribution in [1.82, 2.24) is 29.8 Å². The molecule has 9 nitrogen and oxygen atoms in total. The van der Waals surface area contributed by atoms with E-state index < -0.39 is 18.0 Å². The Bertz CT molecular complexity index is 1890. The Balaban J connectivity index is 1.17. The molecule has 5 aromatic rings. The number of ether oxygens (including phenoxy) is 1. The molecule has 230 valence electrons. The second-order valence-electron chi connectivity index (χ2n) is 11.6. The molecule has 7 rings (SSSR count). The van der Waals surface area contributed by atoms with E-state index in [-0.39, 0.29) is 23.4 Å². The van der Waals surface area contributed by atoms with Crippen molar-refractivity contribution in [3.63, 3.8) is 0 Å². The van der Waals surface area contributed by atoms with Gasteiger partial charge < -0.3 is 15.0 Å². The Hall–Kier alpha value is -4.70. The van der Waals surface area contributed by atoms with E-state index in [1.54, 1.807) is 11.1 Å². The molecule has 45 heavy (non-hydrogen) atoms. The van der Waals surface area contributed by atoms with Crippen molar-refractivity contribution in [2.75, 3.05) is 13.1 Å². The third kappa shape index (κ3) is 6.02. The molecule has 1 saturated heterocycles. The number of aryl methyl sites for hydroxylation is 1. The number of carbonyl (C=O) groups excluding carboxylic acids is 2. The summed E-state index contributed by atoms with van der Waals surface area (Å²) in [6.45, 7) is 1.58. The number of likely N-dealkylation sites (tertiary alicyclic amines) is 1. The normalized spacial score (nSPS) is 19.1. The van der Waals surface area contributed by atoms with Crippen molar-refractivity contribution in [3.05, 3.63) is 95.7 Å². The molecule has 2 aromatic heterocycles. The van der Waals surface area contributed by atoms with Crippen molar-refractivity contribution in [2.24, 2.45) is 0 Å². The molecule has 2 atom stereocenters. The van der Waals surface area contributed by atoms with E-state index in [2.05, 4.69) is 22.7 Å². The second-order valence-corrected chi connectivity index (χ2v) is 12.0. The maximum absolute atomic E-state index is 13.8. The highest BCUT2D eigenvalue weighted by Crippen LogP contribution is 2.32. The van der Waals surface area contributed by atoms with Crippen LogP contribution in [0.3, 0.4) is 0 Å². The van der Waals surface area contributed by atoms with E-state index in [0.717, 1.165) is 54.3 Å². The zero-order chi connectivity index (χ0) is 30.9. The molecule has 0 unspecified atom stereocenters. The summed E-state index contributed by atoms with van der Waals surface area (Å²) in [5, 5.41) is 13.4. The van der Waals surface area contributed by atoms with Gasteiger partial charge in [0.05, 0.1) is 34.5 Å². The largest absolute Gasteiger partial charge is 0.488 e. The Labute approximate surface area is 264 Å². The van der Waals surface area contributed by atoms with Gasteiger partial charge in [-0.3, -0.25) is 14.3 Å². The minimum absolute atomic E-state index is 0.169. The lowest BCUT2D eigenvalue weighted by Crippen LogP contribution is -2.46. The van der Waals surface area contributed by atoms with Gasteiger partial charge in [0.15, 0.2) is 0 Å². The molecule has 1 N–H and O–H groups in total. The lowest BCUT2D eigenvalue weighted by molar-refractivity contribution is -0.124. The molecule has 2 aliphatic rings. The average Bonchev–Trinajstić information content (AvgIpc) is 3.78. The Morgan fingerprint density at radius 3 is 2.78 bits per heavy atom. The lowest BCUT2D eigenvalue weighted by atomic mass is 10.0. The van der Waals surface area contributed by atoms with Crippen molar-refractivity contribution in [1.29, 1.82) is 0 Å². The third-order valence-electron chi connectivity index (χ3n) is 8.47. The number of fused-ring (bicyclic) bond motifs is 6. The number of halogens is 2. The number of rotatable bonds is 2. The molecule has 0 aliphatic carbocycles. The van der Waals surface area contributed by atoms with Gasteiger partial charge in [0.1, 0.15) is 23.7 Å². The minimum Gasteiger partial charge on any atom is -0.488 e. The van der Waals surface area contributed by atoms with Gasteiger partial charge in [-0.05, 0) is 60.4 Å². The van der Waals surface area contributed by atoms with Gasteiger partial charge in [0.25, 0.3) is 5.91 Å². The van der Waals surface area contributed by atoms with E-state index in [4.69, 9.17) is 21.4 Å². The first-order valence-corrected chi connectivity index (χ1v) is 15.6. The number of aromatic nitrogens is 4. The third-order valence-corrected chi connectivity index (χ3v) is 8.77. The van der Waals surface area contributed by atoms with E-state index in [1.165, 1.54) is 29.1 Å². The number of hydrogen-bond acceptors (Lipinski definition) is 5. The van der Waals surface area contributed by atoms with Crippen molar-refractivity contribution in [2.45, 2.75) is 50.8 Å². The molecule has 0 radical (unpaired) electrons. The van der Waals surface area contributed by atoms with Crippen LogP contribution < -0.4 is 10.1 Å². The van der Waals surface area contributed by atoms with Crippen LogP contribution in [0.15, 0.2) is 79.3 Å². The standard InChI is InChI=1S/C34H32ClFN6O3/c35-29-16-24(36)11-12-31(29)42-19-23(18-38-42)34(44)41-20-26-17-32(41)33(43)37-13-3-1-2-4-14-40-21-28-27(9-6-10-30(28)39-40)22-7-5-8-25(15-22)45-26/h5-12,15-16,18-19,21,26,32H,1-4,13-14,17,20H2,(H,37,43)/t26-,32-/m0/s1. The fourth-order valence-electron chi connectivity index (χ4n) is 6.22. The monoisotopic (exact) mass is 626 g/mol. The molecule has 4 heterocycles. The zero-order valence-corrected chi connectivity index (χ0v) is 25.3. The molecule has 0 saturated carbocycles. The molecule has 6 bridgehead atoms. The summed E-state index contributed by atoms with van der Waals surface area (Å²) in [5.41, 5.74) is 3.76. The molecule has 2 aliphatic heterocycles. The number of nitrogens with one attached hydrogen (secondary N) is 1. The zero-order valence-electron chi connectivity index (χ0n) is 24.5. The smallest absolute Gasteiger partial charge is 0.257 e. The Morgan fingerprint density at radius 2 is 1.89 bits per heavy atom. The van der Waals surface area contributed by atoms with Gasteiger partial charge in [-0.2, -0.15) is 10.2 Å². The first-order valence-electron chi connectivity index (χ1n) is 15.2. The maximum Gasteiger partial charge on any atom is 0.257 e. The van der Waals surface area contributed by atoms with Gasteiger partial charge in [-0.1, -0.05) is 48.7 Å². The molecule has 3 aromatic carbocycles. The first-order chi connectivity index (χ1) is 21.9. The topological polar surface area (TPSA) is 94.3 Å². The first kappa shape index (κ1) is 29.0. The lowest BCUT2D eigenvalue weighted by Gasteiger charge is -2.23. The van der Waals surface area contributed by atoms with Crippen LogP contribution in [0.4, 0.5) is 4.39 Å². The maximum atomic E-state index is 13.8. The molecular weight excluding hydrogens is 595 g/mol. The van der Waals surface area contributed by atoms with Crippen LogP contribution in [-0.4, -0.2) is 61.5 Å². The number of benzene rings is 3. The number of carbonyl (C=O) groups is 2. The average molecular weight is 627 g/mol. The summed E-state index contributed by atoms with van der Waals surface area (Å²) in [7, 11) is 0. The van der Waals surface area contributed by atoms with Crippen LogP contribution in [0.1, 0.15) is 42.5 Å². The Kier molecular flexibility index (Phi) is 7.97. The van der Waals surface area contributed by atoms with E-state index in [0.29, 0.717) is 30.0 Å². The molecule has 2 amide bonds. The summed E-state index contributed by atoms with van der Waals surface area (Å²) in [5.74, 6) is -0.353. The predicted octanol–water partition coefficient (Wildman–Crippen LogP) is 6.03.